The van der Waals surface area contributed by atoms with E-state index in [4.69, 9.17) is 5.11 Å². The highest BCUT2D eigenvalue weighted by Crippen LogP contribution is 2.19. The zero-order valence-corrected chi connectivity index (χ0v) is 10.5. The maximum Gasteiger partial charge on any atom is 0.321 e. The topological polar surface area (TPSA) is 122 Å². The van der Waals surface area contributed by atoms with E-state index in [9.17, 15) is 9.59 Å². The molecule has 1 aromatic heterocycles. The highest BCUT2D eigenvalue weighted by atomic mass is 16.4. The SMILES string of the molecule is CCC(C)(CNC(=O)Nc1nnn(C)n1)C(=O)O. The van der Waals surface area contributed by atoms with Crippen molar-refractivity contribution in [3.63, 3.8) is 0 Å². The number of nitrogens with zero attached hydrogens (tertiary/aromatic N) is 4. The molecular formula is C9H16N6O3. The Labute approximate surface area is 104 Å². The zero-order chi connectivity index (χ0) is 13.8. The molecule has 0 bridgehead atoms. The fourth-order valence-corrected chi connectivity index (χ4v) is 1.11. The number of aromatic nitrogens is 4. The van der Waals surface area contributed by atoms with Crippen LogP contribution in [0.15, 0.2) is 0 Å². The van der Waals surface area contributed by atoms with Gasteiger partial charge in [-0.05, 0) is 18.6 Å². The van der Waals surface area contributed by atoms with Gasteiger partial charge in [0.25, 0.3) is 5.95 Å². The molecule has 0 saturated carbocycles. The van der Waals surface area contributed by atoms with E-state index in [0.29, 0.717) is 6.42 Å². The first kappa shape index (κ1) is 13.9. The number of amides is 2. The van der Waals surface area contributed by atoms with Crippen LogP contribution in [0.5, 0.6) is 0 Å². The van der Waals surface area contributed by atoms with Gasteiger partial charge in [0, 0.05) is 6.54 Å². The number of aryl methyl sites for hydroxylation is 1. The van der Waals surface area contributed by atoms with Gasteiger partial charge in [-0.2, -0.15) is 4.80 Å². The number of hydrogen-bond donors (Lipinski definition) is 3. The van der Waals surface area contributed by atoms with E-state index < -0.39 is 17.4 Å². The van der Waals surface area contributed by atoms with Crippen LogP contribution >= 0.6 is 0 Å². The molecule has 18 heavy (non-hydrogen) atoms. The summed E-state index contributed by atoms with van der Waals surface area (Å²) in [4.78, 5) is 23.7. The van der Waals surface area contributed by atoms with E-state index >= 15 is 0 Å². The fraction of sp³-hybridized carbons (Fsp3) is 0.667. The summed E-state index contributed by atoms with van der Waals surface area (Å²) in [5, 5.41) is 24.7. The zero-order valence-electron chi connectivity index (χ0n) is 10.5. The second-order valence-corrected chi connectivity index (χ2v) is 4.13. The van der Waals surface area contributed by atoms with Crippen molar-refractivity contribution >= 4 is 17.9 Å². The summed E-state index contributed by atoms with van der Waals surface area (Å²) >= 11 is 0. The molecule has 1 unspecified atom stereocenters. The summed E-state index contributed by atoms with van der Waals surface area (Å²) in [6.07, 6.45) is 0.409. The second kappa shape index (κ2) is 5.43. The van der Waals surface area contributed by atoms with Crippen molar-refractivity contribution < 1.29 is 14.7 Å². The molecule has 0 aliphatic rings. The summed E-state index contributed by atoms with van der Waals surface area (Å²) in [5.74, 6) is -0.897. The second-order valence-electron chi connectivity index (χ2n) is 4.13. The van der Waals surface area contributed by atoms with Gasteiger partial charge in [0.2, 0.25) is 0 Å². The van der Waals surface area contributed by atoms with Crippen LogP contribution in [-0.4, -0.2) is 43.9 Å². The van der Waals surface area contributed by atoms with Gasteiger partial charge >= 0.3 is 12.0 Å². The lowest BCUT2D eigenvalue weighted by atomic mass is 9.88. The standard InChI is InChI=1S/C9H16N6O3/c1-4-9(2,6(16)17)5-10-8(18)11-7-12-14-15(3)13-7/h4-5H2,1-3H3,(H,16,17)(H2,10,11,13,18). The largest absolute Gasteiger partial charge is 0.481 e. The molecule has 0 aliphatic carbocycles. The van der Waals surface area contributed by atoms with Crippen LogP contribution < -0.4 is 10.6 Å². The number of hydrogen-bond acceptors (Lipinski definition) is 5. The first-order valence-electron chi connectivity index (χ1n) is 5.39. The molecule has 0 fully saturated rings. The lowest BCUT2D eigenvalue weighted by Crippen LogP contribution is -2.42. The Kier molecular flexibility index (Phi) is 4.18. The summed E-state index contributed by atoms with van der Waals surface area (Å²) in [5.41, 5.74) is -0.993. The Morgan fingerprint density at radius 2 is 2.17 bits per heavy atom. The van der Waals surface area contributed by atoms with Crippen LogP contribution in [0.4, 0.5) is 10.7 Å². The molecular weight excluding hydrogens is 240 g/mol. The molecule has 2 amide bonds. The number of anilines is 1. The van der Waals surface area contributed by atoms with Crippen molar-refractivity contribution in [3.8, 4) is 0 Å². The van der Waals surface area contributed by atoms with Crippen LogP contribution in [0.3, 0.4) is 0 Å². The van der Waals surface area contributed by atoms with Gasteiger partial charge in [0.1, 0.15) is 0 Å². The molecule has 1 atom stereocenters. The normalized spacial score (nSPS) is 13.7. The maximum atomic E-state index is 11.5. The Morgan fingerprint density at radius 3 is 2.61 bits per heavy atom. The quantitative estimate of drug-likeness (QED) is 0.672. The van der Waals surface area contributed by atoms with Gasteiger partial charge in [-0.1, -0.05) is 12.0 Å². The number of carboxylic acids is 1. The van der Waals surface area contributed by atoms with Crippen molar-refractivity contribution in [1.29, 1.82) is 0 Å². The summed E-state index contributed by atoms with van der Waals surface area (Å²) in [6, 6.07) is -0.566. The molecule has 3 N–H and O–H groups in total. The highest BCUT2D eigenvalue weighted by molar-refractivity contribution is 5.87. The van der Waals surface area contributed by atoms with Gasteiger partial charge in [-0.3, -0.25) is 10.1 Å². The number of aliphatic carboxylic acids is 1. The first-order chi connectivity index (χ1) is 8.37. The van der Waals surface area contributed by atoms with Crippen LogP contribution in [0.2, 0.25) is 0 Å². The summed E-state index contributed by atoms with van der Waals surface area (Å²) in [7, 11) is 1.56. The van der Waals surface area contributed by atoms with Crippen LogP contribution in [-0.2, 0) is 11.8 Å². The number of urea groups is 1. The molecule has 0 spiro atoms. The van der Waals surface area contributed by atoms with E-state index in [1.165, 1.54) is 4.80 Å². The van der Waals surface area contributed by atoms with Gasteiger partial charge in [0.15, 0.2) is 0 Å². The van der Waals surface area contributed by atoms with Crippen molar-refractivity contribution in [2.45, 2.75) is 20.3 Å². The molecule has 1 rings (SSSR count). The van der Waals surface area contributed by atoms with E-state index in [0.717, 1.165) is 0 Å². The number of nitrogens with one attached hydrogen (secondary N) is 2. The van der Waals surface area contributed by atoms with E-state index in [-0.39, 0.29) is 12.5 Å². The number of carbonyl (C=O) groups is 2. The lowest BCUT2D eigenvalue weighted by Gasteiger charge is -2.22. The lowest BCUT2D eigenvalue weighted by molar-refractivity contribution is -0.147. The monoisotopic (exact) mass is 256 g/mol. The number of carbonyl (C=O) groups excluding carboxylic acids is 1. The van der Waals surface area contributed by atoms with E-state index in [2.05, 4.69) is 26.0 Å². The van der Waals surface area contributed by atoms with Crippen LogP contribution in [0.1, 0.15) is 20.3 Å². The summed E-state index contributed by atoms with van der Waals surface area (Å²) in [6.45, 7) is 3.33. The molecule has 1 heterocycles. The molecule has 100 valence electrons. The molecule has 1 aromatic rings. The molecule has 0 radical (unpaired) electrons. The van der Waals surface area contributed by atoms with Crippen molar-refractivity contribution in [2.75, 3.05) is 11.9 Å². The van der Waals surface area contributed by atoms with Crippen molar-refractivity contribution in [3.05, 3.63) is 0 Å². The van der Waals surface area contributed by atoms with E-state index in [1.54, 1.807) is 20.9 Å². The average molecular weight is 256 g/mol. The Morgan fingerprint density at radius 1 is 1.50 bits per heavy atom. The predicted octanol–water partition coefficient (Wildman–Crippen LogP) is -0.167. The third-order valence-corrected chi connectivity index (χ3v) is 2.67. The average Bonchev–Trinajstić information content (AvgIpc) is 2.71. The number of rotatable bonds is 5. The number of carboxylic acid groups (broad SMARTS) is 1. The third kappa shape index (κ3) is 3.40. The minimum absolute atomic E-state index is 0.0188. The fourth-order valence-electron chi connectivity index (χ4n) is 1.11. The summed E-state index contributed by atoms with van der Waals surface area (Å²) < 4.78 is 0. The molecule has 9 nitrogen and oxygen atoms in total. The highest BCUT2D eigenvalue weighted by Gasteiger charge is 2.31. The van der Waals surface area contributed by atoms with Gasteiger partial charge < -0.3 is 10.4 Å². The maximum absolute atomic E-state index is 11.5. The Bertz CT molecular complexity index is 445. The van der Waals surface area contributed by atoms with Gasteiger partial charge in [0.05, 0.1) is 12.5 Å². The smallest absolute Gasteiger partial charge is 0.321 e. The van der Waals surface area contributed by atoms with Crippen molar-refractivity contribution in [2.24, 2.45) is 12.5 Å². The minimum Gasteiger partial charge on any atom is -0.481 e. The van der Waals surface area contributed by atoms with Gasteiger partial charge in [-0.25, -0.2) is 4.79 Å². The van der Waals surface area contributed by atoms with E-state index in [1.807, 2.05) is 0 Å². The first-order valence-corrected chi connectivity index (χ1v) is 5.39. The van der Waals surface area contributed by atoms with Gasteiger partial charge in [-0.15, -0.1) is 5.10 Å². The Hall–Kier alpha value is -2.19. The minimum atomic E-state index is -0.993. The van der Waals surface area contributed by atoms with Crippen LogP contribution in [0, 0.1) is 5.41 Å². The predicted molar refractivity (Wildman–Crippen MR) is 61.9 cm³/mol. The molecule has 0 aliphatic heterocycles. The third-order valence-electron chi connectivity index (χ3n) is 2.67. The Balaban J connectivity index is 2.48. The molecule has 0 aromatic carbocycles. The number of tetrazole rings is 1. The van der Waals surface area contributed by atoms with Crippen LogP contribution in [0.25, 0.3) is 0 Å². The van der Waals surface area contributed by atoms with Crippen molar-refractivity contribution in [1.82, 2.24) is 25.5 Å². The molecule has 9 heteroatoms. The molecule has 0 saturated heterocycles.